The van der Waals surface area contributed by atoms with Gasteiger partial charge in [0.05, 0.1) is 16.6 Å². The van der Waals surface area contributed by atoms with Gasteiger partial charge in [0.2, 0.25) is 17.7 Å². The van der Waals surface area contributed by atoms with Crippen molar-refractivity contribution >= 4 is 51.6 Å². The number of hydrogen-bond acceptors (Lipinski definition) is 4. The fourth-order valence-electron chi connectivity index (χ4n) is 5.04. The van der Waals surface area contributed by atoms with Gasteiger partial charge in [0.15, 0.2) is 0 Å². The Morgan fingerprint density at radius 3 is 2.54 bits per heavy atom. The van der Waals surface area contributed by atoms with E-state index in [1.54, 1.807) is 0 Å². The van der Waals surface area contributed by atoms with Crippen molar-refractivity contribution < 1.29 is 14.4 Å². The maximum absolute atomic E-state index is 13.5. The molecule has 1 aliphatic carbocycles. The van der Waals surface area contributed by atoms with Crippen LogP contribution in [-0.4, -0.2) is 23.0 Å². The van der Waals surface area contributed by atoms with E-state index in [0.717, 1.165) is 33.2 Å². The van der Waals surface area contributed by atoms with Crippen molar-refractivity contribution in [3.05, 3.63) is 90.0 Å². The lowest BCUT2D eigenvalue weighted by atomic mass is 10.1. The van der Waals surface area contributed by atoms with Gasteiger partial charge < -0.3 is 5.32 Å². The van der Waals surface area contributed by atoms with Crippen molar-refractivity contribution in [1.82, 2.24) is 0 Å². The van der Waals surface area contributed by atoms with Gasteiger partial charge in [-0.25, -0.2) is 4.90 Å². The van der Waals surface area contributed by atoms with Crippen molar-refractivity contribution in [3.8, 4) is 11.1 Å². The average molecular weight is 479 g/mol. The smallest absolute Gasteiger partial charge is 0.247 e. The summed E-state index contributed by atoms with van der Waals surface area (Å²) < 4.78 is 0. The Kier molecular flexibility index (Phi) is 5.19. The molecule has 1 N–H and O–H groups in total. The second kappa shape index (κ2) is 8.40. The predicted octanol–water partition coefficient (Wildman–Crippen LogP) is 5.79. The molecule has 0 saturated carbocycles. The van der Waals surface area contributed by atoms with E-state index in [0.29, 0.717) is 11.4 Å². The third-order valence-corrected chi connectivity index (χ3v) is 7.92. The van der Waals surface area contributed by atoms with Crippen molar-refractivity contribution in [2.45, 2.75) is 29.9 Å². The first kappa shape index (κ1) is 21.6. The molecule has 2 aliphatic rings. The van der Waals surface area contributed by atoms with E-state index in [4.69, 9.17) is 0 Å². The first-order valence-corrected chi connectivity index (χ1v) is 12.4. The number of rotatable bonds is 4. The highest BCUT2D eigenvalue weighted by Gasteiger charge is 2.41. The molecule has 6 heteroatoms. The Hall–Kier alpha value is -3.90. The standard InChI is InChI=1S/C29H22N2O3S/c1-17(32)30-25-13-10-18-6-2-5-9-24(18)28(25)35-26-16-27(33)31(29(26)34)21-11-12-23-20(15-21)14-19-7-3-4-8-22(19)23/h2-13,15,26H,14,16H2,1H3,(H,30,32). The molecule has 1 atom stereocenters. The van der Waals surface area contributed by atoms with Crippen LogP contribution < -0.4 is 10.2 Å². The Morgan fingerprint density at radius 2 is 1.69 bits per heavy atom. The fourth-order valence-corrected chi connectivity index (χ4v) is 6.31. The normalized spacial score (nSPS) is 16.5. The lowest BCUT2D eigenvalue weighted by Crippen LogP contribution is -2.31. The summed E-state index contributed by atoms with van der Waals surface area (Å²) in [4.78, 5) is 40.5. The van der Waals surface area contributed by atoms with Gasteiger partial charge in [-0.05, 0) is 57.6 Å². The van der Waals surface area contributed by atoms with E-state index < -0.39 is 5.25 Å². The molecule has 6 rings (SSSR count). The molecule has 35 heavy (non-hydrogen) atoms. The molecule has 5 nitrogen and oxygen atoms in total. The highest BCUT2D eigenvalue weighted by molar-refractivity contribution is 8.01. The van der Waals surface area contributed by atoms with Crippen molar-refractivity contribution in [2.24, 2.45) is 0 Å². The lowest BCUT2D eigenvalue weighted by molar-refractivity contribution is -0.121. The Labute approximate surface area is 207 Å². The Bertz CT molecular complexity index is 1540. The van der Waals surface area contributed by atoms with Crippen LogP contribution in [-0.2, 0) is 20.8 Å². The zero-order chi connectivity index (χ0) is 24.1. The number of carbonyl (C=O) groups excluding carboxylic acids is 3. The van der Waals surface area contributed by atoms with Crippen molar-refractivity contribution in [1.29, 1.82) is 0 Å². The van der Waals surface area contributed by atoms with Gasteiger partial charge in [-0.15, -0.1) is 11.8 Å². The van der Waals surface area contributed by atoms with E-state index in [-0.39, 0.29) is 24.1 Å². The van der Waals surface area contributed by atoms with Crippen LogP contribution in [0.1, 0.15) is 24.5 Å². The number of hydrogen-bond donors (Lipinski definition) is 1. The third kappa shape index (κ3) is 3.70. The highest BCUT2D eigenvalue weighted by atomic mass is 32.2. The molecular formula is C29H22N2O3S. The molecule has 3 amide bonds. The number of fused-ring (bicyclic) bond motifs is 4. The molecule has 172 valence electrons. The van der Waals surface area contributed by atoms with E-state index in [1.807, 2.05) is 66.7 Å². The second-order valence-electron chi connectivity index (χ2n) is 8.90. The number of carbonyl (C=O) groups is 3. The molecule has 0 radical (unpaired) electrons. The lowest BCUT2D eigenvalue weighted by Gasteiger charge is -2.18. The van der Waals surface area contributed by atoms with Crippen LogP contribution in [0.15, 0.2) is 83.8 Å². The summed E-state index contributed by atoms with van der Waals surface area (Å²) in [5.74, 6) is -0.613. The maximum atomic E-state index is 13.5. The summed E-state index contributed by atoms with van der Waals surface area (Å²) in [6.45, 7) is 1.46. The summed E-state index contributed by atoms with van der Waals surface area (Å²) in [7, 11) is 0. The minimum absolute atomic E-state index is 0.115. The first-order valence-electron chi connectivity index (χ1n) is 11.5. The number of thioether (sulfide) groups is 1. The zero-order valence-electron chi connectivity index (χ0n) is 19.1. The van der Waals surface area contributed by atoms with E-state index >= 15 is 0 Å². The van der Waals surface area contributed by atoms with Gasteiger partial charge in [0, 0.05) is 18.2 Å². The van der Waals surface area contributed by atoms with Crippen LogP contribution in [0.4, 0.5) is 11.4 Å². The summed E-state index contributed by atoms with van der Waals surface area (Å²) in [5.41, 5.74) is 6.02. The van der Waals surface area contributed by atoms with Gasteiger partial charge in [0.25, 0.3) is 0 Å². The van der Waals surface area contributed by atoms with Gasteiger partial charge in [-0.1, -0.05) is 60.7 Å². The Morgan fingerprint density at radius 1 is 0.914 bits per heavy atom. The second-order valence-corrected chi connectivity index (χ2v) is 10.1. The van der Waals surface area contributed by atoms with Gasteiger partial charge in [0.1, 0.15) is 0 Å². The maximum Gasteiger partial charge on any atom is 0.247 e. The number of nitrogens with one attached hydrogen (secondary N) is 1. The van der Waals surface area contributed by atoms with Crippen LogP contribution in [0.5, 0.6) is 0 Å². The van der Waals surface area contributed by atoms with Gasteiger partial charge in [-0.3, -0.25) is 14.4 Å². The fraction of sp³-hybridized carbons (Fsp3) is 0.138. The average Bonchev–Trinajstić information content (AvgIpc) is 3.35. The molecular weight excluding hydrogens is 456 g/mol. The molecule has 1 aliphatic heterocycles. The largest absolute Gasteiger partial charge is 0.325 e. The van der Waals surface area contributed by atoms with Crippen LogP contribution in [0.3, 0.4) is 0 Å². The minimum Gasteiger partial charge on any atom is -0.325 e. The SMILES string of the molecule is CC(=O)Nc1ccc2ccccc2c1SC1CC(=O)N(c2ccc3c(c2)Cc2ccccc2-3)C1=O. The topological polar surface area (TPSA) is 66.5 Å². The predicted molar refractivity (Wildman–Crippen MR) is 140 cm³/mol. The summed E-state index contributed by atoms with van der Waals surface area (Å²) in [6.07, 6.45) is 0.910. The molecule has 0 bridgehead atoms. The quantitative estimate of drug-likeness (QED) is 0.332. The van der Waals surface area contributed by atoms with E-state index in [1.165, 1.54) is 34.7 Å². The summed E-state index contributed by atoms with van der Waals surface area (Å²) in [5, 5.41) is 4.26. The number of anilines is 2. The van der Waals surface area contributed by atoms with Crippen LogP contribution >= 0.6 is 11.8 Å². The number of nitrogens with zero attached hydrogens (tertiary/aromatic N) is 1. The summed E-state index contributed by atoms with van der Waals surface area (Å²) in [6, 6.07) is 25.8. The minimum atomic E-state index is -0.564. The number of benzene rings is 4. The molecule has 1 heterocycles. The van der Waals surface area contributed by atoms with Crippen LogP contribution in [0, 0.1) is 0 Å². The molecule has 1 saturated heterocycles. The third-order valence-electron chi connectivity index (χ3n) is 6.59. The monoisotopic (exact) mass is 478 g/mol. The van der Waals surface area contributed by atoms with Crippen molar-refractivity contribution in [2.75, 3.05) is 10.2 Å². The van der Waals surface area contributed by atoms with Crippen LogP contribution in [0.25, 0.3) is 21.9 Å². The molecule has 4 aromatic carbocycles. The number of imide groups is 1. The zero-order valence-corrected chi connectivity index (χ0v) is 19.9. The van der Waals surface area contributed by atoms with Gasteiger partial charge >= 0.3 is 0 Å². The Balaban J connectivity index is 1.32. The molecule has 0 aromatic heterocycles. The van der Waals surface area contributed by atoms with E-state index in [9.17, 15) is 14.4 Å². The molecule has 1 unspecified atom stereocenters. The molecule has 4 aromatic rings. The van der Waals surface area contributed by atoms with Gasteiger partial charge in [-0.2, -0.15) is 0 Å². The molecule has 1 fully saturated rings. The molecule has 0 spiro atoms. The van der Waals surface area contributed by atoms with Crippen molar-refractivity contribution in [3.63, 3.8) is 0 Å². The number of amides is 3. The van der Waals surface area contributed by atoms with E-state index in [2.05, 4.69) is 17.4 Å². The highest BCUT2D eigenvalue weighted by Crippen LogP contribution is 2.43. The summed E-state index contributed by atoms with van der Waals surface area (Å²) >= 11 is 1.35. The van der Waals surface area contributed by atoms with Crippen LogP contribution in [0.2, 0.25) is 0 Å². The first-order chi connectivity index (χ1) is 17.0.